The normalized spacial score (nSPS) is 18.6. The second-order valence-electron chi connectivity index (χ2n) is 4.70. The number of aliphatic hydroxyl groups excluding tert-OH is 1. The molecule has 1 aliphatic rings. The number of nitrogens with one attached hydrogen (secondary N) is 1. The van der Waals surface area contributed by atoms with Crippen LogP contribution >= 0.6 is 0 Å². The summed E-state index contributed by atoms with van der Waals surface area (Å²) in [6, 6.07) is 9.27. The molecule has 1 amide bonds. The highest BCUT2D eigenvalue weighted by molar-refractivity contribution is 5.94. The Bertz CT molecular complexity index is 358. The minimum atomic E-state index is -0.865. The summed E-state index contributed by atoms with van der Waals surface area (Å²) in [7, 11) is 0. The second kappa shape index (κ2) is 5.82. The molecule has 0 bridgehead atoms. The maximum absolute atomic E-state index is 11.9. The van der Waals surface area contributed by atoms with Crippen LogP contribution in [0.3, 0.4) is 0 Å². The van der Waals surface area contributed by atoms with E-state index in [1.807, 2.05) is 30.3 Å². The van der Waals surface area contributed by atoms with Gasteiger partial charge in [-0.15, -0.1) is 0 Å². The lowest BCUT2D eigenvalue weighted by atomic mass is 9.85. The van der Waals surface area contributed by atoms with Gasteiger partial charge in [0.25, 0.3) is 5.91 Å². The first-order valence-corrected chi connectivity index (χ1v) is 6.31. The molecule has 0 spiro atoms. The third kappa shape index (κ3) is 3.30. The first kappa shape index (κ1) is 12.1. The molecule has 1 saturated carbocycles. The Morgan fingerprint density at radius 3 is 2.47 bits per heavy atom. The van der Waals surface area contributed by atoms with E-state index in [0.29, 0.717) is 0 Å². The molecule has 1 aliphatic carbocycles. The van der Waals surface area contributed by atoms with Gasteiger partial charge in [0.1, 0.15) is 6.10 Å². The highest BCUT2D eigenvalue weighted by atomic mass is 16.3. The van der Waals surface area contributed by atoms with Crippen LogP contribution in [0.25, 0.3) is 0 Å². The number of carbonyl (C=O) groups is 1. The molecule has 3 nitrogen and oxygen atoms in total. The number of aliphatic hydroxyl groups is 1. The van der Waals surface area contributed by atoms with Crippen LogP contribution in [-0.4, -0.2) is 17.1 Å². The van der Waals surface area contributed by atoms with Crippen LogP contribution in [-0.2, 0) is 4.79 Å². The molecular formula is C14H19NO2. The van der Waals surface area contributed by atoms with Crippen molar-refractivity contribution in [3.63, 3.8) is 0 Å². The molecule has 92 valence electrons. The van der Waals surface area contributed by atoms with Gasteiger partial charge in [-0.05, 0) is 30.9 Å². The van der Waals surface area contributed by atoms with E-state index in [1.165, 1.54) is 6.42 Å². The lowest BCUT2D eigenvalue weighted by Crippen LogP contribution is -2.35. The molecule has 2 rings (SSSR count). The third-order valence-electron chi connectivity index (χ3n) is 3.41. The summed E-state index contributed by atoms with van der Waals surface area (Å²) >= 11 is 0. The average molecular weight is 233 g/mol. The number of hydrogen-bond donors (Lipinski definition) is 2. The van der Waals surface area contributed by atoms with Gasteiger partial charge in [0.05, 0.1) is 0 Å². The van der Waals surface area contributed by atoms with Crippen LogP contribution in [0.4, 0.5) is 5.69 Å². The summed E-state index contributed by atoms with van der Waals surface area (Å²) in [6.45, 7) is 0. The van der Waals surface area contributed by atoms with Crippen molar-refractivity contribution in [1.29, 1.82) is 0 Å². The minimum Gasteiger partial charge on any atom is -0.383 e. The molecule has 0 radical (unpaired) electrons. The van der Waals surface area contributed by atoms with Crippen molar-refractivity contribution in [1.82, 2.24) is 0 Å². The third-order valence-corrected chi connectivity index (χ3v) is 3.41. The van der Waals surface area contributed by atoms with Crippen molar-refractivity contribution in [2.45, 2.75) is 38.2 Å². The molecule has 17 heavy (non-hydrogen) atoms. The van der Waals surface area contributed by atoms with E-state index in [9.17, 15) is 9.90 Å². The molecule has 0 unspecified atom stereocenters. The zero-order chi connectivity index (χ0) is 12.1. The van der Waals surface area contributed by atoms with Crippen LogP contribution in [0.15, 0.2) is 30.3 Å². The fourth-order valence-electron chi connectivity index (χ4n) is 2.40. The van der Waals surface area contributed by atoms with Gasteiger partial charge >= 0.3 is 0 Å². The number of benzene rings is 1. The Kier molecular flexibility index (Phi) is 4.15. The number of para-hydroxylation sites is 1. The smallest absolute Gasteiger partial charge is 0.253 e. The lowest BCUT2D eigenvalue weighted by molar-refractivity contribution is -0.127. The summed E-state index contributed by atoms with van der Waals surface area (Å²) in [5.41, 5.74) is 0.743. The molecule has 1 atom stereocenters. The first-order chi connectivity index (χ1) is 8.27. The monoisotopic (exact) mass is 233 g/mol. The average Bonchev–Trinajstić information content (AvgIpc) is 2.40. The van der Waals surface area contributed by atoms with Gasteiger partial charge in [0.15, 0.2) is 0 Å². The molecule has 3 heteroatoms. The molecule has 0 aromatic heterocycles. The Labute approximate surface area is 102 Å². The second-order valence-corrected chi connectivity index (χ2v) is 4.70. The van der Waals surface area contributed by atoms with E-state index < -0.39 is 6.10 Å². The molecule has 0 saturated heterocycles. The number of rotatable bonds is 3. The highest BCUT2D eigenvalue weighted by Gasteiger charge is 2.27. The van der Waals surface area contributed by atoms with Gasteiger partial charge in [-0.3, -0.25) is 4.79 Å². The molecular weight excluding hydrogens is 214 g/mol. The van der Waals surface area contributed by atoms with E-state index in [-0.39, 0.29) is 11.8 Å². The topological polar surface area (TPSA) is 49.3 Å². The van der Waals surface area contributed by atoms with E-state index >= 15 is 0 Å². The zero-order valence-electron chi connectivity index (χ0n) is 9.93. The predicted octanol–water partition coefficient (Wildman–Crippen LogP) is 2.57. The number of anilines is 1. The molecule has 1 aromatic rings. The van der Waals surface area contributed by atoms with Crippen molar-refractivity contribution in [3.8, 4) is 0 Å². The fraction of sp³-hybridized carbons (Fsp3) is 0.500. The van der Waals surface area contributed by atoms with Crippen molar-refractivity contribution in [2.24, 2.45) is 5.92 Å². The summed E-state index contributed by atoms with van der Waals surface area (Å²) < 4.78 is 0. The predicted molar refractivity (Wildman–Crippen MR) is 67.7 cm³/mol. The van der Waals surface area contributed by atoms with Crippen LogP contribution < -0.4 is 5.32 Å². The van der Waals surface area contributed by atoms with Crippen LogP contribution in [0.1, 0.15) is 32.1 Å². The maximum Gasteiger partial charge on any atom is 0.253 e. The standard InChI is InChI=1S/C14H19NO2/c16-13(11-7-3-1-4-8-11)14(17)15-12-9-5-2-6-10-12/h2,5-6,9-11,13,16H,1,3-4,7-8H2,(H,15,17)/t13-/m0/s1. The first-order valence-electron chi connectivity index (χ1n) is 6.31. The van der Waals surface area contributed by atoms with Crippen LogP contribution in [0.2, 0.25) is 0 Å². The molecule has 0 heterocycles. The summed E-state index contributed by atoms with van der Waals surface area (Å²) in [4.78, 5) is 11.9. The van der Waals surface area contributed by atoms with Gasteiger partial charge in [-0.25, -0.2) is 0 Å². The molecule has 1 fully saturated rings. The highest BCUT2D eigenvalue weighted by Crippen LogP contribution is 2.27. The fourth-order valence-corrected chi connectivity index (χ4v) is 2.40. The number of amides is 1. The van der Waals surface area contributed by atoms with Gasteiger partial charge in [-0.2, -0.15) is 0 Å². The summed E-state index contributed by atoms with van der Waals surface area (Å²) in [5.74, 6) is -0.143. The van der Waals surface area contributed by atoms with Gasteiger partial charge in [0, 0.05) is 5.69 Å². The Morgan fingerprint density at radius 1 is 1.18 bits per heavy atom. The Hall–Kier alpha value is -1.35. The van der Waals surface area contributed by atoms with Gasteiger partial charge < -0.3 is 10.4 Å². The van der Waals surface area contributed by atoms with E-state index in [4.69, 9.17) is 0 Å². The lowest BCUT2D eigenvalue weighted by Gasteiger charge is -2.25. The van der Waals surface area contributed by atoms with Crippen molar-refractivity contribution in [2.75, 3.05) is 5.32 Å². The van der Waals surface area contributed by atoms with Crippen molar-refractivity contribution >= 4 is 11.6 Å². The summed E-state index contributed by atoms with van der Waals surface area (Å²) in [5, 5.41) is 12.7. The Balaban J connectivity index is 1.90. The van der Waals surface area contributed by atoms with Gasteiger partial charge in [0.2, 0.25) is 0 Å². The molecule has 2 N–H and O–H groups in total. The SMILES string of the molecule is O=C(Nc1ccccc1)[C@@H](O)C1CCCCC1. The Morgan fingerprint density at radius 2 is 1.82 bits per heavy atom. The van der Waals surface area contributed by atoms with Crippen molar-refractivity contribution in [3.05, 3.63) is 30.3 Å². The van der Waals surface area contributed by atoms with E-state index in [2.05, 4.69) is 5.32 Å². The van der Waals surface area contributed by atoms with Gasteiger partial charge in [-0.1, -0.05) is 37.5 Å². The minimum absolute atomic E-state index is 0.132. The molecule has 1 aromatic carbocycles. The largest absolute Gasteiger partial charge is 0.383 e. The van der Waals surface area contributed by atoms with Crippen molar-refractivity contribution < 1.29 is 9.90 Å². The van der Waals surface area contributed by atoms with Crippen LogP contribution in [0, 0.1) is 5.92 Å². The number of carbonyl (C=O) groups excluding carboxylic acids is 1. The zero-order valence-corrected chi connectivity index (χ0v) is 9.93. The molecule has 0 aliphatic heterocycles. The maximum atomic E-state index is 11.9. The van der Waals surface area contributed by atoms with E-state index in [0.717, 1.165) is 31.4 Å². The quantitative estimate of drug-likeness (QED) is 0.843. The van der Waals surface area contributed by atoms with E-state index in [1.54, 1.807) is 0 Å². The van der Waals surface area contributed by atoms with Crippen LogP contribution in [0.5, 0.6) is 0 Å². The number of hydrogen-bond acceptors (Lipinski definition) is 2. The summed E-state index contributed by atoms with van der Waals surface area (Å²) in [6.07, 6.45) is 4.53.